The highest BCUT2D eigenvalue weighted by Crippen LogP contribution is 2.30. The Bertz CT molecular complexity index is 1840. The number of anilines is 2. The van der Waals surface area contributed by atoms with Crippen LogP contribution in [0.5, 0.6) is 11.5 Å². The Kier molecular flexibility index (Phi) is 8.88. The fraction of sp³-hybridized carbons (Fsp3) is 0.129. The van der Waals surface area contributed by atoms with Crippen molar-refractivity contribution in [1.29, 1.82) is 0 Å². The first-order chi connectivity index (χ1) is 20.7. The van der Waals surface area contributed by atoms with Gasteiger partial charge in [-0.15, -0.1) is 0 Å². The maximum Gasteiger partial charge on any atom is 0.263 e. The molecular formula is C31H28N4O6S2. The predicted octanol–water partition coefficient (Wildman–Crippen LogP) is 5.09. The molecule has 1 atom stereocenters. The fourth-order valence-corrected chi connectivity index (χ4v) is 6.32. The number of methoxy groups -OCH3 is 2. The van der Waals surface area contributed by atoms with Crippen molar-refractivity contribution in [1.82, 2.24) is 10.3 Å². The van der Waals surface area contributed by atoms with Gasteiger partial charge >= 0.3 is 0 Å². The summed E-state index contributed by atoms with van der Waals surface area (Å²) < 4.78 is 39.7. The normalized spacial score (nSPS) is 11.9. The van der Waals surface area contributed by atoms with Crippen molar-refractivity contribution in [3.05, 3.63) is 108 Å². The monoisotopic (exact) mass is 616 g/mol. The first kappa shape index (κ1) is 29.5. The number of nitrogens with zero attached hydrogens (tertiary/aromatic N) is 1. The van der Waals surface area contributed by atoms with Crippen LogP contribution in [0.1, 0.15) is 15.9 Å². The highest BCUT2D eigenvalue weighted by atomic mass is 32.2. The molecule has 0 aliphatic carbocycles. The first-order valence-corrected chi connectivity index (χ1v) is 15.4. The number of carbonyl (C=O) groups excluding carboxylic acids is 2. The number of benzene rings is 4. The second kappa shape index (κ2) is 12.9. The van der Waals surface area contributed by atoms with E-state index in [0.717, 1.165) is 10.3 Å². The van der Waals surface area contributed by atoms with E-state index < -0.39 is 27.9 Å². The lowest BCUT2D eigenvalue weighted by atomic mass is 10.0. The van der Waals surface area contributed by atoms with Gasteiger partial charge in [0.2, 0.25) is 5.91 Å². The third-order valence-corrected chi connectivity index (χ3v) is 8.94. The van der Waals surface area contributed by atoms with Gasteiger partial charge in [-0.2, -0.15) is 0 Å². The topological polar surface area (TPSA) is 136 Å². The van der Waals surface area contributed by atoms with Gasteiger partial charge in [0.05, 0.1) is 29.3 Å². The number of nitrogens with one attached hydrogen (secondary N) is 3. The van der Waals surface area contributed by atoms with Crippen LogP contribution in [0.4, 0.5) is 10.8 Å². The summed E-state index contributed by atoms with van der Waals surface area (Å²) >= 11 is 1.20. The highest BCUT2D eigenvalue weighted by molar-refractivity contribution is 7.93. The standard InChI is InChI=1S/C31H28N4O6S2/c1-40-23-12-8-21(9-13-23)29(36)33-27(18-20-6-4-3-5-7-20)30(37)32-22-10-15-25(16-11-22)43(38,39)35-31-34-26-19-24(41-2)14-17-28(26)42-31/h3-17,19,27H,18H2,1-2H3,(H,32,37)(H,33,36)(H,34,35). The quantitative estimate of drug-likeness (QED) is 0.188. The molecule has 0 spiro atoms. The van der Waals surface area contributed by atoms with Gasteiger partial charge in [0.1, 0.15) is 17.5 Å². The van der Waals surface area contributed by atoms with E-state index in [9.17, 15) is 18.0 Å². The summed E-state index contributed by atoms with van der Waals surface area (Å²) in [7, 11) is -0.860. The SMILES string of the molecule is COc1ccc(C(=O)NC(Cc2ccccc2)C(=O)Nc2ccc(S(=O)(=O)Nc3nc4cc(OC)ccc4s3)cc2)cc1. The third kappa shape index (κ3) is 7.29. The maximum absolute atomic E-state index is 13.3. The molecule has 0 aliphatic heterocycles. The molecule has 2 amide bonds. The number of amides is 2. The van der Waals surface area contributed by atoms with Gasteiger partial charge in [0.15, 0.2) is 5.13 Å². The van der Waals surface area contributed by atoms with Crippen molar-refractivity contribution >= 4 is 54.2 Å². The predicted molar refractivity (Wildman–Crippen MR) is 166 cm³/mol. The second-order valence-electron chi connectivity index (χ2n) is 9.42. The molecule has 0 fully saturated rings. The average molecular weight is 617 g/mol. The molecule has 5 aromatic rings. The van der Waals surface area contributed by atoms with Gasteiger partial charge < -0.3 is 20.1 Å². The van der Waals surface area contributed by atoms with Crippen molar-refractivity contribution in [3.8, 4) is 11.5 Å². The molecule has 10 nitrogen and oxygen atoms in total. The van der Waals surface area contributed by atoms with E-state index >= 15 is 0 Å². The Labute approximate surface area is 252 Å². The molecule has 1 aromatic heterocycles. The number of ether oxygens (including phenoxy) is 2. The number of thiazole rings is 1. The molecule has 220 valence electrons. The van der Waals surface area contributed by atoms with Crippen molar-refractivity contribution in [2.45, 2.75) is 17.4 Å². The smallest absolute Gasteiger partial charge is 0.263 e. The number of aromatic nitrogens is 1. The molecule has 0 saturated carbocycles. The fourth-order valence-electron chi connectivity index (χ4n) is 4.24. The molecule has 0 radical (unpaired) electrons. The first-order valence-electron chi connectivity index (χ1n) is 13.1. The van der Waals surface area contributed by atoms with Gasteiger partial charge in [-0.05, 0) is 66.2 Å². The Hall–Kier alpha value is -4.94. The molecule has 4 aromatic carbocycles. The molecular weight excluding hydrogens is 588 g/mol. The summed E-state index contributed by atoms with van der Waals surface area (Å²) in [5, 5.41) is 5.81. The maximum atomic E-state index is 13.3. The summed E-state index contributed by atoms with van der Waals surface area (Å²) in [5.74, 6) is 0.358. The minimum absolute atomic E-state index is 0.00372. The van der Waals surface area contributed by atoms with Gasteiger partial charge in [-0.1, -0.05) is 41.7 Å². The Balaban J connectivity index is 1.29. The van der Waals surface area contributed by atoms with Gasteiger partial charge in [0, 0.05) is 23.7 Å². The van der Waals surface area contributed by atoms with Gasteiger partial charge in [-0.25, -0.2) is 13.4 Å². The average Bonchev–Trinajstić information content (AvgIpc) is 3.42. The minimum Gasteiger partial charge on any atom is -0.497 e. The number of sulfonamides is 1. The van der Waals surface area contributed by atoms with Crippen LogP contribution in [-0.4, -0.2) is 45.5 Å². The van der Waals surface area contributed by atoms with Crippen molar-refractivity contribution < 1.29 is 27.5 Å². The molecule has 43 heavy (non-hydrogen) atoms. The van der Waals surface area contributed by atoms with E-state index in [-0.39, 0.29) is 16.4 Å². The Morgan fingerprint density at radius 3 is 2.21 bits per heavy atom. The number of rotatable bonds is 11. The summed E-state index contributed by atoms with van der Waals surface area (Å²) in [6, 6.07) is 26.0. The molecule has 1 heterocycles. The summed E-state index contributed by atoms with van der Waals surface area (Å²) in [5.41, 5.74) is 2.22. The summed E-state index contributed by atoms with van der Waals surface area (Å²) in [4.78, 5) is 30.7. The van der Waals surface area contributed by atoms with Crippen LogP contribution in [0.15, 0.2) is 102 Å². The van der Waals surface area contributed by atoms with Gasteiger partial charge in [0.25, 0.3) is 15.9 Å². The largest absolute Gasteiger partial charge is 0.497 e. The zero-order chi connectivity index (χ0) is 30.4. The number of hydrogen-bond acceptors (Lipinski definition) is 8. The van der Waals surface area contributed by atoms with E-state index in [1.54, 1.807) is 43.5 Å². The third-order valence-electron chi connectivity index (χ3n) is 6.51. The van der Waals surface area contributed by atoms with Crippen LogP contribution in [0, 0.1) is 0 Å². The van der Waals surface area contributed by atoms with E-state index in [0.29, 0.717) is 28.3 Å². The molecule has 3 N–H and O–H groups in total. The Morgan fingerprint density at radius 2 is 1.53 bits per heavy atom. The molecule has 0 saturated heterocycles. The van der Waals surface area contributed by atoms with Crippen molar-refractivity contribution in [2.75, 3.05) is 24.3 Å². The number of hydrogen-bond donors (Lipinski definition) is 3. The van der Waals surface area contributed by atoms with Crippen LogP contribution < -0.4 is 24.8 Å². The lowest BCUT2D eigenvalue weighted by Crippen LogP contribution is -2.45. The number of carbonyl (C=O) groups is 2. The summed E-state index contributed by atoms with van der Waals surface area (Å²) in [6.45, 7) is 0. The molecule has 5 rings (SSSR count). The van der Waals surface area contributed by atoms with Crippen LogP contribution in [0.3, 0.4) is 0 Å². The van der Waals surface area contributed by atoms with E-state index in [1.807, 2.05) is 36.4 Å². The lowest BCUT2D eigenvalue weighted by molar-refractivity contribution is -0.118. The molecule has 1 unspecified atom stereocenters. The van der Waals surface area contributed by atoms with E-state index in [1.165, 1.54) is 42.7 Å². The Morgan fingerprint density at radius 1 is 0.860 bits per heavy atom. The zero-order valence-electron chi connectivity index (χ0n) is 23.2. The minimum atomic E-state index is -3.94. The van der Waals surface area contributed by atoms with Crippen LogP contribution >= 0.6 is 11.3 Å². The highest BCUT2D eigenvalue weighted by Gasteiger charge is 2.23. The van der Waals surface area contributed by atoms with E-state index in [4.69, 9.17) is 9.47 Å². The lowest BCUT2D eigenvalue weighted by Gasteiger charge is -2.19. The molecule has 0 aliphatic rings. The summed E-state index contributed by atoms with van der Waals surface area (Å²) in [6.07, 6.45) is 0.249. The van der Waals surface area contributed by atoms with E-state index in [2.05, 4.69) is 20.3 Å². The molecule has 12 heteroatoms. The van der Waals surface area contributed by atoms with Crippen molar-refractivity contribution in [2.24, 2.45) is 0 Å². The molecule has 0 bridgehead atoms. The van der Waals surface area contributed by atoms with Crippen LogP contribution in [0.2, 0.25) is 0 Å². The van der Waals surface area contributed by atoms with Crippen molar-refractivity contribution in [3.63, 3.8) is 0 Å². The second-order valence-corrected chi connectivity index (χ2v) is 12.1. The number of fused-ring (bicyclic) bond motifs is 1. The van der Waals surface area contributed by atoms with Crippen LogP contribution in [-0.2, 0) is 21.2 Å². The van der Waals surface area contributed by atoms with Crippen LogP contribution in [0.25, 0.3) is 10.2 Å². The zero-order valence-corrected chi connectivity index (χ0v) is 24.9. The van der Waals surface area contributed by atoms with Gasteiger partial charge in [-0.3, -0.25) is 14.3 Å².